The minimum atomic E-state index is -0.183. The second-order valence-electron chi connectivity index (χ2n) is 7.67. The molecule has 7 nitrogen and oxygen atoms in total. The lowest BCUT2D eigenvalue weighted by Gasteiger charge is -2.25. The highest BCUT2D eigenvalue weighted by Crippen LogP contribution is 2.40. The first-order chi connectivity index (χ1) is 17.0. The summed E-state index contributed by atoms with van der Waals surface area (Å²) in [7, 11) is 0. The maximum Gasteiger partial charge on any atom is 0.260 e. The van der Waals surface area contributed by atoms with Crippen molar-refractivity contribution in [1.29, 1.82) is 0 Å². The Hall–Kier alpha value is -2.26. The molecule has 1 amide bonds. The molecule has 0 unspecified atom stereocenters. The summed E-state index contributed by atoms with van der Waals surface area (Å²) in [5.41, 5.74) is 1.15. The van der Waals surface area contributed by atoms with Crippen molar-refractivity contribution in [3.63, 3.8) is 0 Å². The maximum atomic E-state index is 14.0. The number of amides is 1. The molecule has 198 valence electrons. The highest BCUT2D eigenvalue weighted by atomic mass is 35.5. The van der Waals surface area contributed by atoms with Crippen LogP contribution < -0.4 is 19.1 Å². The lowest BCUT2D eigenvalue weighted by Crippen LogP contribution is -2.39. The van der Waals surface area contributed by atoms with Crippen molar-refractivity contribution >= 4 is 56.6 Å². The Kier molecular flexibility index (Phi) is 12.0. The van der Waals surface area contributed by atoms with Crippen LogP contribution in [0.4, 0.5) is 5.13 Å². The van der Waals surface area contributed by atoms with Gasteiger partial charge in [0, 0.05) is 18.7 Å². The fourth-order valence-corrected chi connectivity index (χ4v) is 5.04. The summed E-state index contributed by atoms with van der Waals surface area (Å²) >= 11 is 7.84. The second-order valence-corrected chi connectivity index (χ2v) is 9.08. The molecule has 36 heavy (non-hydrogen) atoms. The maximum absolute atomic E-state index is 14.0. The minimum Gasteiger partial charge on any atom is -0.490 e. The van der Waals surface area contributed by atoms with Crippen LogP contribution in [0.2, 0.25) is 5.02 Å². The monoisotopic (exact) mass is 555 g/mol. The van der Waals surface area contributed by atoms with Crippen molar-refractivity contribution in [2.75, 3.05) is 50.9 Å². The number of halogens is 2. The van der Waals surface area contributed by atoms with Gasteiger partial charge in [0.2, 0.25) is 5.75 Å². The fraction of sp³-hybridized carbons (Fsp3) is 0.462. The summed E-state index contributed by atoms with van der Waals surface area (Å²) in [6.07, 6.45) is 0. The molecule has 10 heteroatoms. The number of likely N-dealkylation sites (N-methyl/N-ethyl adjacent to an activating group) is 1. The number of ether oxygens (including phenoxy) is 3. The molecule has 0 aliphatic carbocycles. The number of nitrogens with zero attached hydrogens (tertiary/aromatic N) is 3. The van der Waals surface area contributed by atoms with Crippen LogP contribution in [0.1, 0.15) is 45.0 Å². The summed E-state index contributed by atoms with van der Waals surface area (Å²) < 4.78 is 18.4. The molecule has 0 fully saturated rings. The molecule has 0 N–H and O–H groups in total. The van der Waals surface area contributed by atoms with Gasteiger partial charge in [0.05, 0.1) is 29.5 Å². The van der Waals surface area contributed by atoms with Crippen molar-refractivity contribution in [2.45, 2.75) is 34.6 Å². The molecule has 0 aliphatic rings. The van der Waals surface area contributed by atoms with Crippen molar-refractivity contribution < 1.29 is 19.0 Å². The highest BCUT2D eigenvalue weighted by molar-refractivity contribution is 7.22. The number of carbonyl (C=O) groups is 1. The molecular weight excluding hydrogens is 521 g/mol. The normalized spacial score (nSPS) is 10.9. The van der Waals surface area contributed by atoms with Crippen LogP contribution in [0.3, 0.4) is 0 Å². The molecule has 0 bridgehead atoms. The summed E-state index contributed by atoms with van der Waals surface area (Å²) in [6, 6.07) is 9.12. The topological polar surface area (TPSA) is 64.1 Å². The third-order valence-electron chi connectivity index (χ3n) is 5.52. The molecule has 0 saturated heterocycles. The lowest BCUT2D eigenvalue weighted by molar-refractivity contribution is 0.0982. The molecule has 0 saturated carbocycles. The summed E-state index contributed by atoms with van der Waals surface area (Å²) in [6.45, 7) is 14.2. The quantitative estimate of drug-likeness (QED) is 0.238. The van der Waals surface area contributed by atoms with Gasteiger partial charge in [-0.3, -0.25) is 9.69 Å². The summed E-state index contributed by atoms with van der Waals surface area (Å²) in [5, 5.41) is 1.18. The number of hydrogen-bond donors (Lipinski definition) is 0. The number of carbonyl (C=O) groups excluding carboxylic acids is 1. The Morgan fingerprint density at radius 1 is 0.944 bits per heavy atom. The zero-order valence-corrected chi connectivity index (χ0v) is 23.9. The van der Waals surface area contributed by atoms with Crippen molar-refractivity contribution in [1.82, 2.24) is 9.88 Å². The Balaban J connectivity index is 0.00000456. The molecule has 3 aromatic rings. The molecule has 0 spiro atoms. The van der Waals surface area contributed by atoms with E-state index in [1.807, 2.05) is 39.0 Å². The number of aromatic nitrogens is 1. The van der Waals surface area contributed by atoms with Crippen molar-refractivity contribution in [3.8, 4) is 17.2 Å². The van der Waals surface area contributed by atoms with E-state index < -0.39 is 0 Å². The number of anilines is 1. The fourth-order valence-electron chi connectivity index (χ4n) is 3.75. The Labute approximate surface area is 228 Å². The van der Waals surface area contributed by atoms with Gasteiger partial charge in [-0.25, -0.2) is 4.98 Å². The largest absolute Gasteiger partial charge is 0.490 e. The molecule has 0 atom stereocenters. The molecule has 2 aromatic carbocycles. The van der Waals surface area contributed by atoms with E-state index in [1.54, 1.807) is 17.0 Å². The van der Waals surface area contributed by atoms with Crippen LogP contribution in [0.25, 0.3) is 10.2 Å². The lowest BCUT2D eigenvalue weighted by atomic mass is 10.1. The number of hydrogen-bond acceptors (Lipinski definition) is 7. The third kappa shape index (κ3) is 6.94. The van der Waals surface area contributed by atoms with E-state index in [-0.39, 0.29) is 18.3 Å². The van der Waals surface area contributed by atoms with Gasteiger partial charge in [0.15, 0.2) is 16.6 Å². The van der Waals surface area contributed by atoms with E-state index in [9.17, 15) is 4.79 Å². The number of para-hydroxylation sites is 1. The second kappa shape index (κ2) is 14.5. The Morgan fingerprint density at radius 2 is 1.56 bits per heavy atom. The minimum absolute atomic E-state index is 0. The summed E-state index contributed by atoms with van der Waals surface area (Å²) in [4.78, 5) is 22.7. The van der Waals surface area contributed by atoms with Crippen LogP contribution in [-0.4, -0.2) is 61.8 Å². The average molecular weight is 557 g/mol. The molecule has 3 rings (SSSR count). The van der Waals surface area contributed by atoms with Gasteiger partial charge in [-0.15, -0.1) is 12.4 Å². The van der Waals surface area contributed by atoms with Crippen LogP contribution in [0.15, 0.2) is 30.3 Å². The van der Waals surface area contributed by atoms with E-state index in [1.165, 1.54) is 11.3 Å². The molecule has 0 aliphatic heterocycles. The number of benzene rings is 2. The van der Waals surface area contributed by atoms with E-state index in [2.05, 4.69) is 18.7 Å². The van der Waals surface area contributed by atoms with E-state index in [4.69, 9.17) is 30.8 Å². The first-order valence-corrected chi connectivity index (χ1v) is 13.3. The SMILES string of the molecule is CCOc1cc(C(=O)N(CCN(CC)CC)c2nc3c(Cl)cccc3s2)cc(OCC)c1OCC.Cl. The Morgan fingerprint density at radius 3 is 2.08 bits per heavy atom. The zero-order valence-electron chi connectivity index (χ0n) is 21.5. The van der Waals surface area contributed by atoms with Crippen LogP contribution >= 0.6 is 35.3 Å². The van der Waals surface area contributed by atoms with Gasteiger partial charge >= 0.3 is 0 Å². The first-order valence-electron chi connectivity index (χ1n) is 12.1. The van der Waals surface area contributed by atoms with Gasteiger partial charge in [-0.1, -0.05) is 42.9 Å². The van der Waals surface area contributed by atoms with Gasteiger partial charge < -0.3 is 19.1 Å². The highest BCUT2D eigenvalue weighted by Gasteiger charge is 2.26. The van der Waals surface area contributed by atoms with E-state index in [0.717, 1.165) is 24.3 Å². The van der Waals surface area contributed by atoms with Crippen molar-refractivity contribution in [3.05, 3.63) is 40.9 Å². The summed E-state index contributed by atoms with van der Waals surface area (Å²) in [5.74, 6) is 1.30. The first kappa shape index (κ1) is 30.0. The third-order valence-corrected chi connectivity index (χ3v) is 6.87. The van der Waals surface area contributed by atoms with Gasteiger partial charge in [-0.05, 0) is 58.1 Å². The molecule has 1 aromatic heterocycles. The molecular formula is C26H35Cl2N3O4S. The Bertz CT molecular complexity index is 1110. The number of thiazole rings is 1. The van der Waals surface area contributed by atoms with Gasteiger partial charge in [0.25, 0.3) is 5.91 Å². The predicted molar refractivity (Wildman–Crippen MR) is 151 cm³/mol. The standard InChI is InChI=1S/C26H34ClN3O4S.ClH/c1-6-29(7-2)14-15-30(26-28-23-19(27)12-11-13-22(23)35-26)25(31)18-16-20(32-8-3)24(34-10-5)21(17-18)33-9-4;/h11-13,16-17H,6-10,14-15H2,1-5H3;1H. The van der Waals surface area contributed by atoms with Crippen LogP contribution in [0, 0.1) is 0 Å². The molecule has 0 radical (unpaired) electrons. The van der Waals surface area contributed by atoms with E-state index >= 15 is 0 Å². The van der Waals surface area contributed by atoms with Crippen molar-refractivity contribution in [2.24, 2.45) is 0 Å². The van der Waals surface area contributed by atoms with Gasteiger partial charge in [0.1, 0.15) is 5.52 Å². The smallest absolute Gasteiger partial charge is 0.260 e. The van der Waals surface area contributed by atoms with Gasteiger partial charge in [-0.2, -0.15) is 0 Å². The number of rotatable bonds is 13. The average Bonchev–Trinajstić information content (AvgIpc) is 3.29. The predicted octanol–water partition coefficient (Wildman–Crippen LogP) is 6.56. The van der Waals surface area contributed by atoms with E-state index in [0.29, 0.717) is 64.8 Å². The molecule has 1 heterocycles. The zero-order chi connectivity index (χ0) is 25.4. The van der Waals surface area contributed by atoms with Crippen LogP contribution in [0.5, 0.6) is 17.2 Å². The number of fused-ring (bicyclic) bond motifs is 1. The van der Waals surface area contributed by atoms with Crippen LogP contribution in [-0.2, 0) is 0 Å².